The topological polar surface area (TPSA) is 84.9 Å². The average Bonchev–Trinajstić information content (AvgIpc) is 2.56. The summed E-state index contributed by atoms with van der Waals surface area (Å²) in [5, 5.41) is 0. The van der Waals surface area contributed by atoms with Crippen molar-refractivity contribution >= 4 is 15.9 Å². The third-order valence-corrected chi connectivity index (χ3v) is 4.75. The second-order valence-corrected chi connectivity index (χ2v) is 6.78. The van der Waals surface area contributed by atoms with Gasteiger partial charge in [-0.25, -0.2) is 13.1 Å². The zero-order valence-corrected chi connectivity index (χ0v) is 14.8. The smallest absolute Gasteiger partial charge is 0.241 e. The molecule has 8 heteroatoms. The molecule has 0 heterocycles. The number of rotatable bonds is 9. The van der Waals surface area contributed by atoms with E-state index in [1.165, 1.54) is 37.3 Å². The van der Waals surface area contributed by atoms with Crippen molar-refractivity contribution in [1.82, 2.24) is 9.62 Å². The Morgan fingerprint density at radius 3 is 2.43 bits per heavy atom. The Morgan fingerprint density at radius 1 is 1.22 bits per heavy atom. The SMILES string of the molecule is CCCCN(C)C(=O)CNS(=O)(=O)c1ccc(OC)c(OC)c1. The number of unbranched alkanes of at least 4 members (excludes halogenated alkanes) is 1. The standard InChI is InChI=1S/C15H24N2O5S/c1-5-6-9-17(2)15(18)11-16-23(19,20)12-7-8-13(21-3)14(10-12)22-4/h7-8,10,16H,5-6,9,11H2,1-4H3. The highest BCUT2D eigenvalue weighted by molar-refractivity contribution is 7.89. The molecular formula is C15H24N2O5S. The largest absolute Gasteiger partial charge is 0.493 e. The van der Waals surface area contributed by atoms with Gasteiger partial charge in [0, 0.05) is 19.7 Å². The van der Waals surface area contributed by atoms with Gasteiger partial charge in [0.05, 0.1) is 25.7 Å². The second-order valence-electron chi connectivity index (χ2n) is 5.01. The molecule has 0 aliphatic heterocycles. The maximum atomic E-state index is 12.3. The van der Waals surface area contributed by atoms with Gasteiger partial charge in [-0.2, -0.15) is 0 Å². The summed E-state index contributed by atoms with van der Waals surface area (Å²) < 4.78 is 37.0. The minimum atomic E-state index is -3.80. The first-order valence-corrected chi connectivity index (χ1v) is 8.79. The van der Waals surface area contributed by atoms with E-state index in [2.05, 4.69) is 4.72 Å². The predicted octanol–water partition coefficient (Wildman–Crippen LogP) is 1.24. The van der Waals surface area contributed by atoms with Gasteiger partial charge in [0.25, 0.3) is 0 Å². The molecule has 0 spiro atoms. The minimum absolute atomic E-state index is 0.0131. The molecule has 7 nitrogen and oxygen atoms in total. The van der Waals surface area contributed by atoms with Crippen LogP contribution in [0.15, 0.2) is 23.1 Å². The molecular weight excluding hydrogens is 320 g/mol. The number of hydrogen-bond donors (Lipinski definition) is 1. The van der Waals surface area contributed by atoms with Crippen LogP contribution in [0, 0.1) is 0 Å². The molecule has 1 amide bonds. The summed E-state index contributed by atoms with van der Waals surface area (Å²) in [6, 6.07) is 4.25. The number of methoxy groups -OCH3 is 2. The van der Waals surface area contributed by atoms with Crippen LogP contribution in [0.4, 0.5) is 0 Å². The number of hydrogen-bond acceptors (Lipinski definition) is 5. The molecule has 0 radical (unpaired) electrons. The fourth-order valence-electron chi connectivity index (χ4n) is 1.88. The van der Waals surface area contributed by atoms with Crippen molar-refractivity contribution in [3.63, 3.8) is 0 Å². The summed E-state index contributed by atoms with van der Waals surface area (Å²) in [6.45, 7) is 2.35. The molecule has 0 aliphatic rings. The molecule has 23 heavy (non-hydrogen) atoms. The predicted molar refractivity (Wildman–Crippen MR) is 87.3 cm³/mol. The maximum absolute atomic E-state index is 12.3. The van der Waals surface area contributed by atoms with Gasteiger partial charge >= 0.3 is 0 Å². The number of amides is 1. The number of benzene rings is 1. The highest BCUT2D eigenvalue weighted by Crippen LogP contribution is 2.29. The number of carbonyl (C=O) groups excluding carboxylic acids is 1. The van der Waals surface area contributed by atoms with Gasteiger partial charge in [-0.1, -0.05) is 13.3 Å². The first kappa shape index (κ1) is 19.2. The van der Waals surface area contributed by atoms with Gasteiger partial charge in [0.2, 0.25) is 15.9 Å². The summed E-state index contributed by atoms with van der Waals surface area (Å²) in [6.07, 6.45) is 1.85. The van der Waals surface area contributed by atoms with E-state index >= 15 is 0 Å². The Hall–Kier alpha value is -1.80. The van der Waals surface area contributed by atoms with E-state index in [9.17, 15) is 13.2 Å². The van der Waals surface area contributed by atoms with Crippen molar-refractivity contribution in [3.8, 4) is 11.5 Å². The molecule has 0 bridgehead atoms. The van der Waals surface area contributed by atoms with E-state index in [4.69, 9.17) is 9.47 Å². The molecule has 0 unspecified atom stereocenters. The number of nitrogens with zero attached hydrogens (tertiary/aromatic N) is 1. The molecule has 130 valence electrons. The van der Waals surface area contributed by atoms with E-state index < -0.39 is 10.0 Å². The molecule has 0 saturated heterocycles. The first-order chi connectivity index (χ1) is 10.9. The maximum Gasteiger partial charge on any atom is 0.241 e. The highest BCUT2D eigenvalue weighted by Gasteiger charge is 2.19. The van der Waals surface area contributed by atoms with Gasteiger partial charge in [-0.3, -0.25) is 4.79 Å². The van der Waals surface area contributed by atoms with E-state index in [1.54, 1.807) is 7.05 Å². The second kappa shape index (κ2) is 8.73. The minimum Gasteiger partial charge on any atom is -0.493 e. The van der Waals surface area contributed by atoms with Crippen molar-refractivity contribution in [2.75, 3.05) is 34.4 Å². The van der Waals surface area contributed by atoms with Crippen molar-refractivity contribution in [3.05, 3.63) is 18.2 Å². The van der Waals surface area contributed by atoms with Gasteiger partial charge < -0.3 is 14.4 Å². The summed E-state index contributed by atoms with van der Waals surface area (Å²) in [5.41, 5.74) is 0. The van der Waals surface area contributed by atoms with Crippen molar-refractivity contribution in [2.45, 2.75) is 24.7 Å². The molecule has 1 N–H and O–H groups in total. The molecule has 1 aromatic carbocycles. The lowest BCUT2D eigenvalue weighted by Gasteiger charge is -2.17. The van der Waals surface area contributed by atoms with E-state index in [-0.39, 0.29) is 17.3 Å². The number of likely N-dealkylation sites (N-methyl/N-ethyl adjacent to an activating group) is 1. The number of ether oxygens (including phenoxy) is 2. The molecule has 1 rings (SSSR count). The number of sulfonamides is 1. The average molecular weight is 344 g/mol. The van der Waals surface area contributed by atoms with Crippen LogP contribution in [0.1, 0.15) is 19.8 Å². The Labute approximate surface area is 137 Å². The van der Waals surface area contributed by atoms with Crippen molar-refractivity contribution in [1.29, 1.82) is 0 Å². The van der Waals surface area contributed by atoms with Gasteiger partial charge in [0.1, 0.15) is 0 Å². The fraction of sp³-hybridized carbons (Fsp3) is 0.533. The lowest BCUT2D eigenvalue weighted by molar-refractivity contribution is -0.128. The van der Waals surface area contributed by atoms with Crippen LogP contribution < -0.4 is 14.2 Å². The van der Waals surface area contributed by atoms with Crippen molar-refractivity contribution < 1.29 is 22.7 Å². The number of carbonyl (C=O) groups is 1. The lowest BCUT2D eigenvalue weighted by Crippen LogP contribution is -2.38. The molecule has 1 aromatic rings. The molecule has 0 atom stereocenters. The van der Waals surface area contributed by atoms with Crippen LogP contribution in [0.25, 0.3) is 0 Å². The van der Waals surface area contributed by atoms with Gasteiger partial charge in [-0.05, 0) is 18.6 Å². The Balaban J connectivity index is 2.78. The molecule has 0 saturated carbocycles. The molecule has 0 fully saturated rings. The third-order valence-electron chi connectivity index (χ3n) is 3.35. The van der Waals surface area contributed by atoms with E-state index in [0.29, 0.717) is 18.0 Å². The van der Waals surface area contributed by atoms with Crippen molar-refractivity contribution in [2.24, 2.45) is 0 Å². The summed E-state index contributed by atoms with van der Waals surface area (Å²) >= 11 is 0. The summed E-state index contributed by atoms with van der Waals surface area (Å²) in [4.78, 5) is 13.4. The van der Waals surface area contributed by atoms with Crippen LogP contribution in [-0.2, 0) is 14.8 Å². The summed E-state index contributed by atoms with van der Waals surface area (Å²) in [7, 11) is 0.747. The first-order valence-electron chi connectivity index (χ1n) is 7.31. The Kier molecular flexibility index (Phi) is 7.31. The van der Waals surface area contributed by atoms with Gasteiger partial charge in [0.15, 0.2) is 11.5 Å². The lowest BCUT2D eigenvalue weighted by atomic mass is 10.3. The monoisotopic (exact) mass is 344 g/mol. The zero-order chi connectivity index (χ0) is 17.5. The van der Waals surface area contributed by atoms with Gasteiger partial charge in [-0.15, -0.1) is 0 Å². The fourth-order valence-corrected chi connectivity index (χ4v) is 2.87. The quantitative estimate of drug-likeness (QED) is 0.728. The van der Waals surface area contributed by atoms with Crippen LogP contribution in [0.2, 0.25) is 0 Å². The van der Waals surface area contributed by atoms with Crippen LogP contribution >= 0.6 is 0 Å². The summed E-state index contributed by atoms with van der Waals surface area (Å²) in [5.74, 6) is 0.464. The number of nitrogens with one attached hydrogen (secondary N) is 1. The zero-order valence-electron chi connectivity index (χ0n) is 14.0. The highest BCUT2D eigenvalue weighted by atomic mass is 32.2. The Bertz CT molecular complexity index is 631. The molecule has 0 aromatic heterocycles. The van der Waals surface area contributed by atoms with E-state index in [0.717, 1.165) is 12.8 Å². The normalized spacial score (nSPS) is 11.1. The Morgan fingerprint density at radius 2 is 1.87 bits per heavy atom. The van der Waals surface area contributed by atoms with E-state index in [1.807, 2.05) is 6.92 Å². The van der Waals surface area contributed by atoms with Crippen LogP contribution in [0.3, 0.4) is 0 Å². The molecule has 0 aliphatic carbocycles. The third kappa shape index (κ3) is 5.40. The van der Waals surface area contributed by atoms with Crippen LogP contribution in [0.5, 0.6) is 11.5 Å². The van der Waals surface area contributed by atoms with Crippen LogP contribution in [-0.4, -0.2) is 53.6 Å².